The van der Waals surface area contributed by atoms with Crippen LogP contribution in [-0.4, -0.2) is 30.9 Å². The summed E-state index contributed by atoms with van der Waals surface area (Å²) in [5, 5.41) is 8.81. The number of hydrogen-bond acceptors (Lipinski definition) is 4. The number of carboxylic acid groups (broad SMARTS) is 1. The number of benzene rings is 1. The molecule has 0 fully saturated rings. The lowest BCUT2D eigenvalue weighted by atomic mass is 10.1. The number of carbonyl (C=O) groups excluding carboxylic acids is 1. The largest absolute Gasteiger partial charge is 0.478 e. The van der Waals surface area contributed by atoms with E-state index in [0.29, 0.717) is 0 Å². The van der Waals surface area contributed by atoms with E-state index in [0.717, 1.165) is 6.07 Å². The van der Waals surface area contributed by atoms with Crippen molar-refractivity contribution >= 4 is 21.9 Å². The van der Waals surface area contributed by atoms with Crippen LogP contribution >= 0.6 is 0 Å². The third-order valence-corrected chi connectivity index (χ3v) is 4.05. The van der Waals surface area contributed by atoms with E-state index in [1.165, 1.54) is 32.0 Å². The van der Waals surface area contributed by atoms with Crippen molar-refractivity contribution in [3.8, 4) is 0 Å². The molecule has 7 nitrogen and oxygen atoms in total. The van der Waals surface area contributed by atoms with Crippen LogP contribution in [-0.2, 0) is 14.8 Å². The maximum absolute atomic E-state index is 12.0. The minimum Gasteiger partial charge on any atom is -0.478 e. The van der Waals surface area contributed by atoms with Crippen molar-refractivity contribution < 1.29 is 23.1 Å². The van der Waals surface area contributed by atoms with Gasteiger partial charge in [0.1, 0.15) is 5.54 Å². The molecule has 19 heavy (non-hydrogen) atoms. The molecule has 0 radical (unpaired) electrons. The third kappa shape index (κ3) is 3.52. The Balaban J connectivity index is 3.18. The molecule has 0 heterocycles. The summed E-state index contributed by atoms with van der Waals surface area (Å²) >= 11 is 0. The summed E-state index contributed by atoms with van der Waals surface area (Å²) in [6, 6.07) is 4.80. The molecule has 0 spiro atoms. The summed E-state index contributed by atoms with van der Waals surface area (Å²) in [5.74, 6) is -2.09. The first kappa shape index (κ1) is 15.1. The predicted molar refractivity (Wildman–Crippen MR) is 67.0 cm³/mol. The molecule has 0 aromatic heterocycles. The highest BCUT2D eigenvalue weighted by molar-refractivity contribution is 7.89. The summed E-state index contributed by atoms with van der Waals surface area (Å²) in [5.41, 5.74) is 3.43. The molecule has 0 atom stereocenters. The van der Waals surface area contributed by atoms with Crippen molar-refractivity contribution in [1.29, 1.82) is 0 Å². The minimum absolute atomic E-state index is 0.167. The molecule has 0 aliphatic rings. The topological polar surface area (TPSA) is 127 Å². The maximum atomic E-state index is 12.0. The Morgan fingerprint density at radius 3 is 2.37 bits per heavy atom. The standard InChI is InChI=1S/C11H14N2O5S/c1-11(2,10(12)16)13-19(17,18)8-5-3-4-7(6-8)9(14)15/h3-6,13H,1-2H3,(H2,12,16)(H,14,15). The summed E-state index contributed by atoms with van der Waals surface area (Å²) < 4.78 is 26.1. The lowest BCUT2D eigenvalue weighted by molar-refractivity contribution is -0.122. The monoisotopic (exact) mass is 286 g/mol. The molecule has 1 aromatic rings. The molecule has 0 saturated heterocycles. The zero-order valence-electron chi connectivity index (χ0n) is 10.4. The highest BCUT2D eigenvalue weighted by Crippen LogP contribution is 2.14. The van der Waals surface area contributed by atoms with Gasteiger partial charge in [0.2, 0.25) is 15.9 Å². The zero-order valence-corrected chi connectivity index (χ0v) is 11.2. The van der Waals surface area contributed by atoms with Gasteiger partial charge in [0.15, 0.2) is 0 Å². The maximum Gasteiger partial charge on any atom is 0.335 e. The van der Waals surface area contributed by atoms with Crippen LogP contribution in [0.3, 0.4) is 0 Å². The number of amides is 1. The van der Waals surface area contributed by atoms with Gasteiger partial charge in [-0.25, -0.2) is 13.2 Å². The van der Waals surface area contributed by atoms with E-state index >= 15 is 0 Å². The Labute approximate surface area is 110 Å². The van der Waals surface area contributed by atoms with Gasteiger partial charge in [-0.1, -0.05) is 6.07 Å². The fraction of sp³-hybridized carbons (Fsp3) is 0.273. The van der Waals surface area contributed by atoms with Crippen LogP contribution < -0.4 is 10.5 Å². The highest BCUT2D eigenvalue weighted by Gasteiger charge is 2.31. The summed E-state index contributed by atoms with van der Waals surface area (Å²) in [6.07, 6.45) is 0. The number of carbonyl (C=O) groups is 2. The predicted octanol–water partition coefficient (Wildman–Crippen LogP) is -0.0730. The molecule has 4 N–H and O–H groups in total. The number of primary amides is 1. The number of hydrogen-bond donors (Lipinski definition) is 3. The van der Waals surface area contributed by atoms with E-state index in [4.69, 9.17) is 10.8 Å². The molecule has 1 amide bonds. The van der Waals surface area contributed by atoms with Crippen molar-refractivity contribution in [3.63, 3.8) is 0 Å². The van der Waals surface area contributed by atoms with Gasteiger partial charge in [-0.3, -0.25) is 4.79 Å². The summed E-state index contributed by atoms with van der Waals surface area (Å²) in [4.78, 5) is 21.6. The molecule has 1 aromatic carbocycles. The van der Waals surface area contributed by atoms with Gasteiger partial charge >= 0.3 is 5.97 Å². The molecule has 0 saturated carbocycles. The van der Waals surface area contributed by atoms with Gasteiger partial charge in [-0.15, -0.1) is 0 Å². The smallest absolute Gasteiger partial charge is 0.335 e. The molecule has 104 valence electrons. The van der Waals surface area contributed by atoms with E-state index in [9.17, 15) is 18.0 Å². The molecule has 0 bridgehead atoms. The van der Waals surface area contributed by atoms with E-state index in [2.05, 4.69) is 4.72 Å². The minimum atomic E-state index is -4.03. The van der Waals surface area contributed by atoms with Gasteiger partial charge in [0.25, 0.3) is 0 Å². The van der Waals surface area contributed by atoms with Crippen LogP contribution in [0.2, 0.25) is 0 Å². The Hall–Kier alpha value is -1.93. The van der Waals surface area contributed by atoms with Crippen molar-refractivity contribution in [3.05, 3.63) is 29.8 Å². The van der Waals surface area contributed by atoms with E-state index < -0.39 is 27.4 Å². The molecule has 1 rings (SSSR count). The zero-order chi connectivity index (χ0) is 14.8. The summed E-state index contributed by atoms with van der Waals surface area (Å²) in [7, 11) is -4.03. The molecular weight excluding hydrogens is 272 g/mol. The van der Waals surface area contributed by atoms with Gasteiger partial charge < -0.3 is 10.8 Å². The number of rotatable bonds is 5. The highest BCUT2D eigenvalue weighted by atomic mass is 32.2. The van der Waals surface area contributed by atoms with Crippen LogP contribution in [0, 0.1) is 0 Å². The summed E-state index contributed by atoms with van der Waals surface area (Å²) in [6.45, 7) is 2.63. The van der Waals surface area contributed by atoms with Gasteiger partial charge in [-0.2, -0.15) is 4.72 Å². The van der Waals surface area contributed by atoms with Crippen molar-refractivity contribution in [2.24, 2.45) is 5.73 Å². The normalized spacial score (nSPS) is 12.1. The van der Waals surface area contributed by atoms with E-state index in [1.54, 1.807) is 0 Å². The van der Waals surface area contributed by atoms with Crippen molar-refractivity contribution in [1.82, 2.24) is 4.72 Å². The van der Waals surface area contributed by atoms with Gasteiger partial charge in [0.05, 0.1) is 10.5 Å². The van der Waals surface area contributed by atoms with Crippen molar-refractivity contribution in [2.75, 3.05) is 0 Å². The molecule has 0 unspecified atom stereocenters. The fourth-order valence-corrected chi connectivity index (χ4v) is 2.67. The van der Waals surface area contributed by atoms with E-state index in [-0.39, 0.29) is 10.5 Å². The average molecular weight is 286 g/mol. The fourth-order valence-electron chi connectivity index (χ4n) is 1.24. The Morgan fingerprint density at radius 2 is 1.89 bits per heavy atom. The number of sulfonamides is 1. The number of nitrogens with two attached hydrogens (primary N) is 1. The molecule has 8 heteroatoms. The van der Waals surface area contributed by atoms with E-state index in [1.807, 2.05) is 0 Å². The van der Waals surface area contributed by atoms with Crippen LogP contribution in [0.4, 0.5) is 0 Å². The second-order valence-corrected chi connectivity index (χ2v) is 6.11. The number of nitrogens with one attached hydrogen (secondary N) is 1. The molecule has 0 aliphatic heterocycles. The number of carboxylic acids is 1. The quantitative estimate of drug-likeness (QED) is 0.698. The first-order chi connectivity index (χ1) is 8.56. The lowest BCUT2D eigenvalue weighted by Gasteiger charge is -2.22. The van der Waals surface area contributed by atoms with Crippen LogP contribution in [0.5, 0.6) is 0 Å². The lowest BCUT2D eigenvalue weighted by Crippen LogP contribution is -2.52. The molecular formula is C11H14N2O5S. The SMILES string of the molecule is CC(C)(NS(=O)(=O)c1cccc(C(=O)O)c1)C(N)=O. The Bertz CT molecular complexity index is 622. The van der Waals surface area contributed by atoms with Gasteiger partial charge in [-0.05, 0) is 32.0 Å². The third-order valence-electron chi connectivity index (χ3n) is 2.40. The first-order valence-electron chi connectivity index (χ1n) is 5.23. The van der Waals surface area contributed by atoms with Crippen LogP contribution in [0.25, 0.3) is 0 Å². The average Bonchev–Trinajstić information content (AvgIpc) is 2.27. The molecule has 0 aliphatic carbocycles. The second-order valence-electron chi connectivity index (χ2n) is 4.43. The second kappa shape index (κ2) is 4.98. The van der Waals surface area contributed by atoms with Crippen molar-refractivity contribution in [2.45, 2.75) is 24.3 Å². The van der Waals surface area contributed by atoms with Crippen LogP contribution in [0.15, 0.2) is 29.2 Å². The Kier molecular flexibility index (Phi) is 3.97. The first-order valence-corrected chi connectivity index (χ1v) is 6.72. The Morgan fingerprint density at radius 1 is 1.32 bits per heavy atom. The van der Waals surface area contributed by atoms with Crippen LogP contribution in [0.1, 0.15) is 24.2 Å². The number of aromatic carboxylic acids is 1. The van der Waals surface area contributed by atoms with Gasteiger partial charge in [0, 0.05) is 0 Å².